The van der Waals surface area contributed by atoms with Gasteiger partial charge in [0.05, 0.1) is 16.8 Å². The van der Waals surface area contributed by atoms with Crippen molar-refractivity contribution in [3.8, 4) is 5.69 Å². The number of carbonyl (C=O) groups excluding carboxylic acids is 1. The maximum absolute atomic E-state index is 14.7. The van der Waals surface area contributed by atoms with Crippen molar-refractivity contribution in [3.05, 3.63) is 58.1 Å². The van der Waals surface area contributed by atoms with Crippen LogP contribution in [-0.4, -0.2) is 62.3 Å². The van der Waals surface area contributed by atoms with Crippen molar-refractivity contribution < 1.29 is 9.18 Å². The van der Waals surface area contributed by atoms with Crippen LogP contribution >= 0.6 is 23.4 Å². The number of pyridine rings is 2. The van der Waals surface area contributed by atoms with Crippen LogP contribution in [0, 0.1) is 5.82 Å². The van der Waals surface area contributed by atoms with Gasteiger partial charge in [0.25, 0.3) is 0 Å². The summed E-state index contributed by atoms with van der Waals surface area (Å²) >= 11 is 7.57. The van der Waals surface area contributed by atoms with Gasteiger partial charge in [0, 0.05) is 36.8 Å². The summed E-state index contributed by atoms with van der Waals surface area (Å²) in [5, 5.41) is 0.0189. The van der Waals surface area contributed by atoms with Gasteiger partial charge in [-0.25, -0.2) is 18.7 Å². The first kappa shape index (κ1) is 25.1. The van der Waals surface area contributed by atoms with Crippen LogP contribution in [0.3, 0.4) is 0 Å². The van der Waals surface area contributed by atoms with Gasteiger partial charge < -0.3 is 9.80 Å². The molecule has 0 bridgehead atoms. The normalized spacial score (nSPS) is 16.3. The number of aromatic nitrogens is 4. The van der Waals surface area contributed by atoms with E-state index in [4.69, 9.17) is 11.6 Å². The monoisotopic (exact) mass is 516 g/mol. The lowest BCUT2D eigenvalue weighted by Crippen LogP contribution is -2.54. The number of hydrogen-bond acceptors (Lipinski definition) is 7. The predicted molar refractivity (Wildman–Crippen MR) is 137 cm³/mol. The number of rotatable bonds is 5. The minimum atomic E-state index is -0.708. The lowest BCUT2D eigenvalue weighted by atomic mass is 10.1. The molecule has 35 heavy (non-hydrogen) atoms. The van der Waals surface area contributed by atoms with E-state index in [0.29, 0.717) is 42.2 Å². The Morgan fingerprint density at radius 3 is 2.71 bits per heavy atom. The first-order valence-corrected chi connectivity index (χ1v) is 12.8. The summed E-state index contributed by atoms with van der Waals surface area (Å²) in [6, 6.07) is 2.91. The number of piperazine rings is 1. The molecule has 8 nitrogen and oxygen atoms in total. The molecule has 3 aromatic rings. The zero-order valence-electron chi connectivity index (χ0n) is 20.0. The maximum Gasteiger partial charge on any atom is 0.355 e. The first-order chi connectivity index (χ1) is 16.7. The highest BCUT2D eigenvalue weighted by atomic mass is 35.5. The maximum atomic E-state index is 14.7. The predicted octanol–water partition coefficient (Wildman–Crippen LogP) is 4.04. The summed E-state index contributed by atoms with van der Waals surface area (Å²) < 4.78 is 16.1. The van der Waals surface area contributed by atoms with Crippen molar-refractivity contribution in [2.24, 2.45) is 0 Å². The molecule has 184 valence electrons. The van der Waals surface area contributed by atoms with E-state index < -0.39 is 11.5 Å². The number of anilines is 1. The average molecular weight is 517 g/mol. The second kappa shape index (κ2) is 9.94. The van der Waals surface area contributed by atoms with Crippen LogP contribution < -0.4 is 10.6 Å². The van der Waals surface area contributed by atoms with Crippen molar-refractivity contribution in [1.82, 2.24) is 24.4 Å². The van der Waals surface area contributed by atoms with Crippen molar-refractivity contribution in [2.75, 3.05) is 30.8 Å². The summed E-state index contributed by atoms with van der Waals surface area (Å²) in [7, 11) is 0. The molecule has 0 saturated carbocycles. The Morgan fingerprint density at radius 2 is 2.09 bits per heavy atom. The molecule has 11 heteroatoms. The highest BCUT2D eigenvalue weighted by Gasteiger charge is 2.30. The Hall–Kier alpha value is -2.98. The average Bonchev–Trinajstić information content (AvgIpc) is 2.84. The second-order valence-corrected chi connectivity index (χ2v) is 9.82. The van der Waals surface area contributed by atoms with Crippen molar-refractivity contribution >= 4 is 46.1 Å². The van der Waals surface area contributed by atoms with Gasteiger partial charge in [-0.1, -0.05) is 32.0 Å². The molecule has 0 radical (unpaired) electrons. The Balaban J connectivity index is 1.98. The minimum Gasteiger partial charge on any atom is -0.350 e. The standard InChI is InChI=1S/C24H26ClFN6O2S/c1-6-18(33)30-9-10-31(14(4)12-30)22-15-11-16(26)21(25)28-23(15)32(24(34)29-22)20-17(35-5)7-8-27-19(20)13(2)3/h6-8,11,13-14H,1,9-10,12H2,2-5H3. The molecule has 1 fully saturated rings. The van der Waals surface area contributed by atoms with Gasteiger partial charge in [0.15, 0.2) is 16.6 Å². The number of amides is 1. The molecule has 1 saturated heterocycles. The minimum absolute atomic E-state index is 0.00476. The van der Waals surface area contributed by atoms with E-state index in [2.05, 4.69) is 21.5 Å². The molecule has 0 aliphatic carbocycles. The number of fused-ring (bicyclic) bond motifs is 1. The summed E-state index contributed by atoms with van der Waals surface area (Å²) in [6.07, 6.45) is 4.89. The summed E-state index contributed by atoms with van der Waals surface area (Å²) in [5.41, 5.74) is 0.897. The number of nitrogens with zero attached hydrogens (tertiary/aromatic N) is 6. The Morgan fingerprint density at radius 1 is 1.34 bits per heavy atom. The molecule has 4 heterocycles. The van der Waals surface area contributed by atoms with Crippen molar-refractivity contribution in [3.63, 3.8) is 0 Å². The largest absolute Gasteiger partial charge is 0.355 e. The summed E-state index contributed by atoms with van der Waals surface area (Å²) in [5.74, 6) is -0.555. The van der Waals surface area contributed by atoms with Gasteiger partial charge in [-0.3, -0.25) is 9.78 Å². The lowest BCUT2D eigenvalue weighted by Gasteiger charge is -2.40. The fourth-order valence-electron chi connectivity index (χ4n) is 4.37. The lowest BCUT2D eigenvalue weighted by molar-refractivity contribution is -0.126. The van der Waals surface area contributed by atoms with Crippen LogP contribution in [0.2, 0.25) is 5.15 Å². The summed E-state index contributed by atoms with van der Waals surface area (Å²) in [6.45, 7) is 10.7. The third-order valence-corrected chi connectivity index (χ3v) is 7.08. The fraction of sp³-hybridized carbons (Fsp3) is 0.375. The second-order valence-electron chi connectivity index (χ2n) is 8.62. The number of thioether (sulfide) groups is 1. The smallest absolute Gasteiger partial charge is 0.350 e. The molecule has 1 amide bonds. The zero-order chi connectivity index (χ0) is 25.4. The molecule has 3 aromatic heterocycles. The third-order valence-electron chi connectivity index (χ3n) is 6.05. The molecular weight excluding hydrogens is 491 g/mol. The topological polar surface area (TPSA) is 84.2 Å². The van der Waals surface area contributed by atoms with E-state index in [1.54, 1.807) is 11.1 Å². The Bertz CT molecular complexity index is 1380. The van der Waals surface area contributed by atoms with Gasteiger partial charge in [0.1, 0.15) is 5.82 Å². The van der Waals surface area contributed by atoms with Gasteiger partial charge in [0.2, 0.25) is 5.91 Å². The SMILES string of the molecule is C=CC(=O)N1CCN(c2nc(=O)n(-c3c(SC)ccnc3C(C)C)c3nc(Cl)c(F)cc23)C(C)C1. The van der Waals surface area contributed by atoms with Crippen LogP contribution in [0.25, 0.3) is 16.7 Å². The molecule has 0 aromatic carbocycles. The Kier molecular flexibility index (Phi) is 7.14. The number of carbonyl (C=O) groups is 1. The fourth-order valence-corrected chi connectivity index (χ4v) is 5.09. The van der Waals surface area contributed by atoms with E-state index in [9.17, 15) is 14.0 Å². The summed E-state index contributed by atoms with van der Waals surface area (Å²) in [4.78, 5) is 43.3. The van der Waals surface area contributed by atoms with Crippen LogP contribution in [0.4, 0.5) is 10.2 Å². The van der Waals surface area contributed by atoms with E-state index >= 15 is 0 Å². The van der Waals surface area contributed by atoms with Crippen LogP contribution in [-0.2, 0) is 4.79 Å². The number of hydrogen-bond donors (Lipinski definition) is 0. The van der Waals surface area contributed by atoms with E-state index in [1.165, 1.54) is 28.5 Å². The van der Waals surface area contributed by atoms with Crippen molar-refractivity contribution in [2.45, 2.75) is 37.6 Å². The zero-order valence-corrected chi connectivity index (χ0v) is 21.5. The molecule has 1 atom stereocenters. The number of halogens is 2. The molecular formula is C24H26ClFN6O2S. The van der Waals surface area contributed by atoms with Gasteiger partial charge >= 0.3 is 5.69 Å². The molecule has 4 rings (SSSR count). The van der Waals surface area contributed by atoms with Gasteiger partial charge in [-0.15, -0.1) is 11.8 Å². The van der Waals surface area contributed by atoms with E-state index in [-0.39, 0.29) is 28.7 Å². The van der Waals surface area contributed by atoms with E-state index in [0.717, 1.165) is 4.90 Å². The highest BCUT2D eigenvalue weighted by Crippen LogP contribution is 2.34. The van der Waals surface area contributed by atoms with Crippen LogP contribution in [0.1, 0.15) is 32.4 Å². The first-order valence-electron chi connectivity index (χ1n) is 11.2. The molecule has 0 spiro atoms. The van der Waals surface area contributed by atoms with Crippen LogP contribution in [0.15, 0.2) is 40.7 Å². The quantitative estimate of drug-likeness (QED) is 0.287. The highest BCUT2D eigenvalue weighted by molar-refractivity contribution is 7.98. The molecule has 1 unspecified atom stereocenters. The Labute approximate surface area is 211 Å². The molecule has 1 aliphatic heterocycles. The third kappa shape index (κ3) is 4.52. The van der Waals surface area contributed by atoms with E-state index in [1.807, 2.05) is 38.0 Å². The molecule has 1 aliphatic rings. The van der Waals surface area contributed by atoms with Crippen molar-refractivity contribution in [1.29, 1.82) is 0 Å². The van der Waals surface area contributed by atoms with Crippen LogP contribution in [0.5, 0.6) is 0 Å². The van der Waals surface area contributed by atoms with Gasteiger partial charge in [-0.2, -0.15) is 4.98 Å². The molecule has 0 N–H and O–H groups in total. The van der Waals surface area contributed by atoms with Gasteiger partial charge in [-0.05, 0) is 37.3 Å².